The van der Waals surface area contributed by atoms with E-state index in [1.54, 1.807) is 0 Å². The summed E-state index contributed by atoms with van der Waals surface area (Å²) in [5.41, 5.74) is 2.60. The lowest BCUT2D eigenvalue weighted by molar-refractivity contribution is -0.136. The van der Waals surface area contributed by atoms with Crippen LogP contribution in [0.25, 0.3) is 0 Å². The molecule has 1 aromatic rings. The van der Waals surface area contributed by atoms with E-state index < -0.39 is 0 Å². The Hall–Kier alpha value is -1.59. The van der Waals surface area contributed by atoms with Crippen molar-refractivity contribution in [1.82, 2.24) is 15.1 Å². The lowest BCUT2D eigenvalue weighted by atomic mass is 9.97. The zero-order chi connectivity index (χ0) is 19.8. The molecule has 0 spiro atoms. The molecule has 1 aromatic carbocycles. The van der Waals surface area contributed by atoms with Crippen LogP contribution in [0.15, 0.2) is 18.2 Å². The largest absolute Gasteiger partial charge is 0.494 e. The fourth-order valence-corrected chi connectivity index (χ4v) is 4.38. The van der Waals surface area contributed by atoms with Crippen LogP contribution < -0.4 is 10.1 Å². The summed E-state index contributed by atoms with van der Waals surface area (Å²) in [6, 6.07) is 6.40. The summed E-state index contributed by atoms with van der Waals surface area (Å²) in [7, 11) is 1.91. The number of piperidine rings is 1. The van der Waals surface area contributed by atoms with Crippen molar-refractivity contribution in [3.8, 4) is 5.75 Å². The highest BCUT2D eigenvalue weighted by molar-refractivity contribution is 5.79. The molecule has 0 saturated carbocycles. The fourth-order valence-electron chi connectivity index (χ4n) is 4.38. The van der Waals surface area contributed by atoms with Crippen molar-refractivity contribution in [3.05, 3.63) is 29.3 Å². The predicted molar refractivity (Wildman–Crippen MR) is 114 cm³/mol. The molecule has 1 unspecified atom stereocenters. The van der Waals surface area contributed by atoms with Crippen molar-refractivity contribution < 1.29 is 9.53 Å². The van der Waals surface area contributed by atoms with Crippen LogP contribution in [-0.4, -0.2) is 62.1 Å². The SMILES string of the molecule is CCC(CNC)C(=O)N1CCc2cc(OCCCN3CCCCC3)ccc2C1. The first-order valence-corrected chi connectivity index (χ1v) is 11.1. The summed E-state index contributed by atoms with van der Waals surface area (Å²) < 4.78 is 6.01. The molecule has 5 nitrogen and oxygen atoms in total. The molecule has 2 heterocycles. The van der Waals surface area contributed by atoms with Gasteiger partial charge in [-0.15, -0.1) is 0 Å². The summed E-state index contributed by atoms with van der Waals surface area (Å²) in [6.07, 6.45) is 6.97. The molecule has 2 aliphatic rings. The van der Waals surface area contributed by atoms with Gasteiger partial charge in [-0.05, 0) is 75.5 Å². The molecule has 1 fully saturated rings. The third-order valence-corrected chi connectivity index (χ3v) is 6.13. The number of hydrogen-bond donors (Lipinski definition) is 1. The molecule has 28 heavy (non-hydrogen) atoms. The average molecular weight is 388 g/mol. The monoisotopic (exact) mass is 387 g/mol. The Labute approximate surface area is 170 Å². The van der Waals surface area contributed by atoms with E-state index in [-0.39, 0.29) is 11.8 Å². The van der Waals surface area contributed by atoms with Gasteiger partial charge < -0.3 is 19.9 Å². The lowest BCUT2D eigenvalue weighted by Crippen LogP contribution is -2.42. The standard InChI is InChI=1S/C23H37N3O2/c1-3-19(17-24-2)23(27)26-14-10-20-16-22(9-8-21(20)18-26)28-15-7-13-25-11-5-4-6-12-25/h8-9,16,19,24H,3-7,10-15,17-18H2,1-2H3. The first-order valence-electron chi connectivity index (χ1n) is 11.1. The second-order valence-electron chi connectivity index (χ2n) is 8.21. The zero-order valence-corrected chi connectivity index (χ0v) is 17.7. The predicted octanol–water partition coefficient (Wildman–Crippen LogP) is 3.07. The van der Waals surface area contributed by atoms with Gasteiger partial charge in [-0.1, -0.05) is 19.4 Å². The summed E-state index contributed by atoms with van der Waals surface area (Å²) in [6.45, 7) is 8.81. The van der Waals surface area contributed by atoms with Gasteiger partial charge in [0.25, 0.3) is 0 Å². The Balaban J connectivity index is 1.47. The second kappa shape index (κ2) is 10.8. The Morgan fingerprint density at radius 1 is 1.18 bits per heavy atom. The van der Waals surface area contributed by atoms with Gasteiger partial charge in [0.15, 0.2) is 0 Å². The smallest absolute Gasteiger partial charge is 0.227 e. The van der Waals surface area contributed by atoms with E-state index in [4.69, 9.17) is 4.74 Å². The van der Waals surface area contributed by atoms with Crippen LogP contribution in [0, 0.1) is 5.92 Å². The van der Waals surface area contributed by atoms with Crippen LogP contribution >= 0.6 is 0 Å². The Morgan fingerprint density at radius 3 is 2.75 bits per heavy atom. The number of nitrogens with zero attached hydrogens (tertiary/aromatic N) is 2. The van der Waals surface area contributed by atoms with Gasteiger partial charge in [0.05, 0.1) is 12.5 Å². The van der Waals surface area contributed by atoms with E-state index in [1.807, 2.05) is 11.9 Å². The number of fused-ring (bicyclic) bond motifs is 1. The maximum atomic E-state index is 12.8. The van der Waals surface area contributed by atoms with Crippen LogP contribution in [0.4, 0.5) is 0 Å². The van der Waals surface area contributed by atoms with Crippen molar-refractivity contribution >= 4 is 5.91 Å². The molecule has 1 amide bonds. The minimum absolute atomic E-state index is 0.0778. The Bertz CT molecular complexity index is 628. The first-order chi connectivity index (χ1) is 13.7. The van der Waals surface area contributed by atoms with Gasteiger partial charge >= 0.3 is 0 Å². The Morgan fingerprint density at radius 2 is 2.00 bits per heavy atom. The molecule has 3 rings (SSSR count). The molecular weight excluding hydrogens is 350 g/mol. The fraction of sp³-hybridized carbons (Fsp3) is 0.696. The van der Waals surface area contributed by atoms with Gasteiger partial charge in [-0.3, -0.25) is 4.79 Å². The van der Waals surface area contributed by atoms with E-state index in [0.29, 0.717) is 0 Å². The van der Waals surface area contributed by atoms with Gasteiger partial charge in [0.1, 0.15) is 5.75 Å². The third kappa shape index (κ3) is 5.71. The lowest BCUT2D eigenvalue weighted by Gasteiger charge is -2.32. The number of carbonyl (C=O) groups excluding carboxylic acids is 1. The molecule has 1 atom stereocenters. The number of amides is 1. The minimum atomic E-state index is 0.0778. The summed E-state index contributed by atoms with van der Waals surface area (Å²) >= 11 is 0. The van der Waals surface area contributed by atoms with Crippen LogP contribution in [0.3, 0.4) is 0 Å². The maximum Gasteiger partial charge on any atom is 0.227 e. The molecule has 156 valence electrons. The molecule has 0 bridgehead atoms. The highest BCUT2D eigenvalue weighted by atomic mass is 16.5. The number of rotatable bonds is 9. The molecule has 5 heteroatoms. The van der Waals surface area contributed by atoms with Crippen LogP contribution in [0.5, 0.6) is 5.75 Å². The first kappa shape index (κ1) is 21.1. The average Bonchev–Trinajstić information content (AvgIpc) is 2.75. The number of benzene rings is 1. The van der Waals surface area contributed by atoms with E-state index >= 15 is 0 Å². The van der Waals surface area contributed by atoms with Crippen LogP contribution in [-0.2, 0) is 17.8 Å². The molecule has 1 N–H and O–H groups in total. The minimum Gasteiger partial charge on any atom is -0.494 e. The topological polar surface area (TPSA) is 44.8 Å². The van der Waals surface area contributed by atoms with E-state index in [9.17, 15) is 4.79 Å². The van der Waals surface area contributed by atoms with E-state index in [2.05, 4.69) is 35.3 Å². The zero-order valence-electron chi connectivity index (χ0n) is 17.7. The van der Waals surface area contributed by atoms with Gasteiger partial charge in [0, 0.05) is 26.2 Å². The normalized spacial score (nSPS) is 18.6. The molecule has 1 saturated heterocycles. The Kier molecular flexibility index (Phi) is 8.16. The van der Waals surface area contributed by atoms with Crippen LogP contribution in [0.1, 0.15) is 50.2 Å². The number of carbonyl (C=O) groups is 1. The van der Waals surface area contributed by atoms with Gasteiger partial charge in [-0.2, -0.15) is 0 Å². The second-order valence-corrected chi connectivity index (χ2v) is 8.21. The molecular formula is C23H37N3O2. The highest BCUT2D eigenvalue weighted by Crippen LogP contribution is 2.25. The summed E-state index contributed by atoms with van der Waals surface area (Å²) in [5, 5.41) is 3.14. The third-order valence-electron chi connectivity index (χ3n) is 6.13. The van der Waals surface area contributed by atoms with Crippen molar-refractivity contribution in [1.29, 1.82) is 0 Å². The molecule has 0 aromatic heterocycles. The van der Waals surface area contributed by atoms with E-state index in [0.717, 1.165) is 57.8 Å². The van der Waals surface area contributed by atoms with Gasteiger partial charge in [-0.25, -0.2) is 0 Å². The number of hydrogen-bond acceptors (Lipinski definition) is 4. The quantitative estimate of drug-likeness (QED) is 0.662. The van der Waals surface area contributed by atoms with Gasteiger partial charge in [0.2, 0.25) is 5.91 Å². The van der Waals surface area contributed by atoms with Crippen molar-refractivity contribution in [2.45, 2.75) is 52.0 Å². The molecule has 0 radical (unpaired) electrons. The molecule has 2 aliphatic heterocycles. The van der Waals surface area contributed by atoms with Crippen molar-refractivity contribution in [2.24, 2.45) is 5.92 Å². The molecule has 0 aliphatic carbocycles. The number of nitrogens with one attached hydrogen (secondary N) is 1. The van der Waals surface area contributed by atoms with E-state index in [1.165, 1.54) is 43.5 Å². The maximum absolute atomic E-state index is 12.8. The van der Waals surface area contributed by atoms with Crippen molar-refractivity contribution in [3.63, 3.8) is 0 Å². The summed E-state index contributed by atoms with van der Waals surface area (Å²) in [5.74, 6) is 1.33. The number of likely N-dealkylation sites (tertiary alicyclic amines) is 1. The highest BCUT2D eigenvalue weighted by Gasteiger charge is 2.26. The van der Waals surface area contributed by atoms with Crippen LogP contribution in [0.2, 0.25) is 0 Å². The van der Waals surface area contributed by atoms with Crippen molar-refractivity contribution in [2.75, 3.05) is 46.4 Å². The number of ether oxygens (including phenoxy) is 1. The summed E-state index contributed by atoms with van der Waals surface area (Å²) in [4.78, 5) is 17.3.